The largest absolute Gasteiger partial charge is 0.464 e. The summed E-state index contributed by atoms with van der Waals surface area (Å²) in [4.78, 5) is 13.5. The van der Waals surface area contributed by atoms with Crippen LogP contribution in [-0.2, 0) is 4.74 Å². The van der Waals surface area contributed by atoms with Crippen LogP contribution >= 0.6 is 0 Å². The van der Waals surface area contributed by atoms with E-state index in [4.69, 9.17) is 11.0 Å². The molecule has 0 fully saturated rings. The molecule has 0 atom stereocenters. The molecule has 2 aromatic rings. The standard InChI is InChI=1S/C15H15FN4O2/c1-19(2)12-5-4-10(6-11(12)16)20-8-9(7-17)13(18)14(20)15(21)22-3/h4-6,8H,18H2,1-3H3. The average Bonchev–Trinajstić information content (AvgIpc) is 2.82. The second kappa shape index (κ2) is 5.77. The maximum absolute atomic E-state index is 14.1. The highest BCUT2D eigenvalue weighted by atomic mass is 19.1. The van der Waals surface area contributed by atoms with Crippen molar-refractivity contribution >= 4 is 17.3 Å². The number of hydrogen-bond donors (Lipinski definition) is 1. The van der Waals surface area contributed by atoms with Crippen LogP contribution in [-0.4, -0.2) is 31.7 Å². The number of anilines is 2. The zero-order valence-electron chi connectivity index (χ0n) is 12.4. The van der Waals surface area contributed by atoms with Gasteiger partial charge in [0.05, 0.1) is 24.0 Å². The first kappa shape index (κ1) is 15.4. The van der Waals surface area contributed by atoms with Crippen molar-refractivity contribution in [1.29, 1.82) is 5.26 Å². The van der Waals surface area contributed by atoms with Gasteiger partial charge in [-0.15, -0.1) is 0 Å². The molecule has 7 heteroatoms. The molecule has 0 saturated heterocycles. The fourth-order valence-corrected chi connectivity index (χ4v) is 2.13. The first-order chi connectivity index (χ1) is 10.4. The molecule has 0 amide bonds. The zero-order valence-corrected chi connectivity index (χ0v) is 12.4. The van der Waals surface area contributed by atoms with Gasteiger partial charge in [0.15, 0.2) is 5.69 Å². The van der Waals surface area contributed by atoms with Crippen LogP contribution in [0.15, 0.2) is 24.4 Å². The van der Waals surface area contributed by atoms with E-state index in [0.717, 1.165) is 0 Å². The normalized spacial score (nSPS) is 10.1. The Labute approximate surface area is 127 Å². The molecule has 0 spiro atoms. The van der Waals surface area contributed by atoms with Gasteiger partial charge in [0.2, 0.25) is 0 Å². The topological polar surface area (TPSA) is 84.3 Å². The monoisotopic (exact) mass is 302 g/mol. The molecular formula is C15H15FN4O2. The van der Waals surface area contributed by atoms with Gasteiger partial charge in [-0.2, -0.15) is 5.26 Å². The van der Waals surface area contributed by atoms with Gasteiger partial charge >= 0.3 is 5.97 Å². The van der Waals surface area contributed by atoms with E-state index in [1.54, 1.807) is 31.1 Å². The lowest BCUT2D eigenvalue weighted by atomic mass is 10.2. The third-order valence-electron chi connectivity index (χ3n) is 3.23. The Hall–Kier alpha value is -3.01. The van der Waals surface area contributed by atoms with Gasteiger partial charge in [0.25, 0.3) is 0 Å². The number of nitrogens with zero attached hydrogens (tertiary/aromatic N) is 3. The number of methoxy groups -OCH3 is 1. The number of ether oxygens (including phenoxy) is 1. The number of esters is 1. The zero-order chi connectivity index (χ0) is 16.4. The number of halogens is 1. The smallest absolute Gasteiger partial charge is 0.357 e. The summed E-state index contributed by atoms with van der Waals surface area (Å²) in [6.45, 7) is 0. The highest BCUT2D eigenvalue weighted by molar-refractivity contribution is 5.95. The van der Waals surface area contributed by atoms with Crippen molar-refractivity contribution in [3.63, 3.8) is 0 Å². The predicted molar refractivity (Wildman–Crippen MR) is 80.5 cm³/mol. The molecule has 2 rings (SSSR count). The molecule has 1 aromatic carbocycles. The van der Waals surface area contributed by atoms with Crippen molar-refractivity contribution in [2.24, 2.45) is 0 Å². The molecule has 0 unspecified atom stereocenters. The first-order valence-corrected chi connectivity index (χ1v) is 6.37. The summed E-state index contributed by atoms with van der Waals surface area (Å²) >= 11 is 0. The average molecular weight is 302 g/mol. The Morgan fingerprint density at radius 1 is 1.45 bits per heavy atom. The summed E-state index contributed by atoms with van der Waals surface area (Å²) in [5, 5.41) is 9.05. The highest BCUT2D eigenvalue weighted by Crippen LogP contribution is 2.27. The summed E-state index contributed by atoms with van der Waals surface area (Å²) in [5.74, 6) is -1.15. The SMILES string of the molecule is COC(=O)c1c(N)c(C#N)cn1-c1ccc(N(C)C)c(F)c1. The minimum absolute atomic E-state index is 0.00365. The molecule has 0 saturated carbocycles. The molecule has 22 heavy (non-hydrogen) atoms. The van der Waals surface area contributed by atoms with Crippen molar-refractivity contribution in [2.45, 2.75) is 0 Å². The third kappa shape index (κ3) is 2.46. The van der Waals surface area contributed by atoms with E-state index in [-0.39, 0.29) is 16.9 Å². The van der Waals surface area contributed by atoms with E-state index in [0.29, 0.717) is 11.4 Å². The lowest BCUT2D eigenvalue weighted by molar-refractivity contribution is 0.0593. The van der Waals surface area contributed by atoms with E-state index in [2.05, 4.69) is 4.74 Å². The van der Waals surface area contributed by atoms with Gasteiger partial charge in [-0.25, -0.2) is 9.18 Å². The van der Waals surface area contributed by atoms with Gasteiger partial charge in [0, 0.05) is 32.0 Å². The van der Waals surface area contributed by atoms with Gasteiger partial charge in [-0.05, 0) is 12.1 Å². The Morgan fingerprint density at radius 2 is 2.14 bits per heavy atom. The second-order valence-corrected chi connectivity index (χ2v) is 4.81. The first-order valence-electron chi connectivity index (χ1n) is 6.37. The predicted octanol–water partition coefficient (Wildman–Crippen LogP) is 1.92. The van der Waals surface area contributed by atoms with Crippen LogP contribution in [0.2, 0.25) is 0 Å². The van der Waals surface area contributed by atoms with Crippen LogP contribution in [0.25, 0.3) is 5.69 Å². The number of rotatable bonds is 3. The number of benzene rings is 1. The van der Waals surface area contributed by atoms with Crippen LogP contribution in [0, 0.1) is 17.1 Å². The van der Waals surface area contributed by atoms with Crippen molar-refractivity contribution < 1.29 is 13.9 Å². The summed E-state index contributed by atoms with van der Waals surface area (Å²) in [6, 6.07) is 6.37. The minimum atomic E-state index is -0.698. The fourth-order valence-electron chi connectivity index (χ4n) is 2.13. The Balaban J connectivity index is 2.65. The second-order valence-electron chi connectivity index (χ2n) is 4.81. The van der Waals surface area contributed by atoms with Crippen LogP contribution in [0.4, 0.5) is 15.8 Å². The number of aromatic nitrogens is 1. The highest BCUT2D eigenvalue weighted by Gasteiger charge is 2.22. The summed E-state index contributed by atoms with van der Waals surface area (Å²) in [6.07, 6.45) is 1.38. The molecule has 1 heterocycles. The molecule has 0 aliphatic rings. The Morgan fingerprint density at radius 3 is 2.64 bits per heavy atom. The maximum atomic E-state index is 14.1. The van der Waals surface area contributed by atoms with Crippen LogP contribution in [0.5, 0.6) is 0 Å². The fraction of sp³-hybridized carbons (Fsp3) is 0.200. The van der Waals surface area contributed by atoms with E-state index in [1.807, 2.05) is 6.07 Å². The lowest BCUT2D eigenvalue weighted by Crippen LogP contribution is -2.13. The lowest BCUT2D eigenvalue weighted by Gasteiger charge is -2.15. The van der Waals surface area contributed by atoms with E-state index < -0.39 is 11.8 Å². The molecular weight excluding hydrogens is 287 g/mol. The molecule has 2 N–H and O–H groups in total. The van der Waals surface area contributed by atoms with Gasteiger partial charge in [-0.3, -0.25) is 0 Å². The molecule has 6 nitrogen and oxygen atoms in total. The number of hydrogen-bond acceptors (Lipinski definition) is 5. The van der Waals surface area contributed by atoms with Crippen molar-refractivity contribution in [3.8, 4) is 11.8 Å². The number of nitrogens with two attached hydrogens (primary N) is 1. The molecule has 0 aliphatic carbocycles. The number of carbonyl (C=O) groups excluding carboxylic acids is 1. The Kier molecular flexibility index (Phi) is 4.04. The van der Waals surface area contributed by atoms with Crippen LogP contribution in [0.1, 0.15) is 16.1 Å². The summed E-state index contributed by atoms with van der Waals surface area (Å²) in [5.41, 5.74) is 6.70. The minimum Gasteiger partial charge on any atom is -0.464 e. The van der Waals surface area contributed by atoms with Crippen molar-refractivity contribution in [3.05, 3.63) is 41.5 Å². The molecule has 0 aliphatic heterocycles. The number of nitriles is 1. The van der Waals surface area contributed by atoms with Crippen LogP contribution < -0.4 is 10.6 Å². The molecule has 0 bridgehead atoms. The van der Waals surface area contributed by atoms with Crippen molar-refractivity contribution in [1.82, 2.24) is 4.57 Å². The van der Waals surface area contributed by atoms with E-state index in [1.165, 1.54) is 23.9 Å². The third-order valence-corrected chi connectivity index (χ3v) is 3.23. The molecule has 0 radical (unpaired) electrons. The Bertz CT molecular complexity index is 775. The molecule has 1 aromatic heterocycles. The van der Waals surface area contributed by atoms with Gasteiger partial charge < -0.3 is 19.9 Å². The number of nitrogen functional groups attached to an aromatic ring is 1. The van der Waals surface area contributed by atoms with E-state index in [9.17, 15) is 9.18 Å². The van der Waals surface area contributed by atoms with Gasteiger partial charge in [0.1, 0.15) is 11.9 Å². The molecule has 114 valence electrons. The number of carbonyl (C=O) groups is 1. The maximum Gasteiger partial charge on any atom is 0.357 e. The van der Waals surface area contributed by atoms with Crippen LogP contribution in [0.3, 0.4) is 0 Å². The van der Waals surface area contributed by atoms with Gasteiger partial charge in [-0.1, -0.05) is 0 Å². The van der Waals surface area contributed by atoms with Crippen molar-refractivity contribution in [2.75, 3.05) is 31.8 Å². The summed E-state index contributed by atoms with van der Waals surface area (Å²) in [7, 11) is 4.65. The summed E-state index contributed by atoms with van der Waals surface area (Å²) < 4.78 is 20.2. The quantitative estimate of drug-likeness (QED) is 0.876. The van der Waals surface area contributed by atoms with E-state index >= 15 is 0 Å².